The maximum atomic E-state index is 13.1. The molecule has 0 aliphatic heterocycles. The van der Waals surface area contributed by atoms with Crippen molar-refractivity contribution >= 4 is 22.7 Å². The molecule has 0 spiro atoms. The third-order valence-corrected chi connectivity index (χ3v) is 6.63. The molecule has 31 heavy (non-hydrogen) atoms. The van der Waals surface area contributed by atoms with Crippen LogP contribution in [0.4, 0.5) is 0 Å². The molecule has 0 saturated heterocycles. The number of carbonyl (C=O) groups excluding carboxylic acids is 2. The van der Waals surface area contributed by atoms with Crippen LogP contribution in [0.1, 0.15) is 48.5 Å². The Morgan fingerprint density at radius 1 is 1.13 bits per heavy atom. The molecule has 5 heteroatoms. The lowest BCUT2D eigenvalue weighted by Gasteiger charge is -2.25. The van der Waals surface area contributed by atoms with E-state index in [2.05, 4.69) is 60.4 Å². The molecule has 0 radical (unpaired) electrons. The monoisotopic (exact) mass is 417 g/mol. The van der Waals surface area contributed by atoms with Crippen LogP contribution in [-0.4, -0.2) is 40.4 Å². The summed E-state index contributed by atoms with van der Waals surface area (Å²) in [6.45, 7) is 3.93. The van der Waals surface area contributed by atoms with Crippen molar-refractivity contribution < 1.29 is 9.59 Å². The average molecular weight is 418 g/mol. The summed E-state index contributed by atoms with van der Waals surface area (Å²) in [4.78, 5) is 26.6. The molecular weight excluding hydrogens is 386 g/mol. The second-order valence-corrected chi connectivity index (χ2v) is 8.73. The number of benzene rings is 2. The van der Waals surface area contributed by atoms with Crippen molar-refractivity contribution in [1.29, 1.82) is 0 Å². The zero-order chi connectivity index (χ0) is 22.1. The van der Waals surface area contributed by atoms with Gasteiger partial charge in [0.05, 0.1) is 0 Å². The number of fused-ring (bicyclic) bond motifs is 1. The number of amides is 2. The van der Waals surface area contributed by atoms with Crippen molar-refractivity contribution in [2.24, 2.45) is 7.05 Å². The molecule has 2 aromatic carbocycles. The zero-order valence-corrected chi connectivity index (χ0v) is 18.8. The summed E-state index contributed by atoms with van der Waals surface area (Å²) in [5.41, 5.74) is 5.32. The third-order valence-electron chi connectivity index (χ3n) is 6.63. The van der Waals surface area contributed by atoms with Gasteiger partial charge < -0.3 is 14.8 Å². The molecule has 162 valence electrons. The van der Waals surface area contributed by atoms with Crippen molar-refractivity contribution in [3.05, 3.63) is 59.8 Å². The number of nitrogens with one attached hydrogen (secondary N) is 1. The third kappa shape index (κ3) is 4.22. The molecule has 0 bridgehead atoms. The summed E-state index contributed by atoms with van der Waals surface area (Å²) in [5.74, 6) is 0.125. The minimum atomic E-state index is 0.0422. The van der Waals surface area contributed by atoms with Gasteiger partial charge in [0.25, 0.3) is 5.91 Å². The average Bonchev–Trinajstić information content (AvgIpc) is 3.39. The summed E-state index contributed by atoms with van der Waals surface area (Å²) in [6, 6.07) is 14.9. The largest absolute Gasteiger partial charge is 0.353 e. The van der Waals surface area contributed by atoms with E-state index >= 15 is 0 Å². The van der Waals surface area contributed by atoms with Gasteiger partial charge in [-0.2, -0.15) is 0 Å². The van der Waals surface area contributed by atoms with Crippen LogP contribution < -0.4 is 5.32 Å². The maximum Gasteiger partial charge on any atom is 0.253 e. The van der Waals surface area contributed by atoms with E-state index in [1.165, 1.54) is 10.9 Å². The molecule has 1 saturated carbocycles. The van der Waals surface area contributed by atoms with Crippen LogP contribution in [0, 0.1) is 6.92 Å². The van der Waals surface area contributed by atoms with E-state index in [4.69, 9.17) is 0 Å². The van der Waals surface area contributed by atoms with Gasteiger partial charge in [-0.3, -0.25) is 9.59 Å². The highest BCUT2D eigenvalue weighted by Crippen LogP contribution is 2.29. The van der Waals surface area contributed by atoms with Crippen molar-refractivity contribution in [2.75, 3.05) is 7.05 Å². The van der Waals surface area contributed by atoms with Crippen LogP contribution in [-0.2, 0) is 11.8 Å². The first-order valence-corrected chi connectivity index (χ1v) is 11.1. The standard InChI is InChI=1S/C26H31N3O2/c1-5-25(30)27-21-8-9-22(16-21)29(4)26(31)20-6-10-23(17(2)14-20)18-7-11-24-19(15-18)12-13-28(24)3/h6-7,10-15,21-22H,5,8-9,16H2,1-4H3,(H,27,30)/t21-,22+/m0/s1. The van der Waals surface area contributed by atoms with Crippen molar-refractivity contribution in [3.8, 4) is 11.1 Å². The summed E-state index contributed by atoms with van der Waals surface area (Å²) < 4.78 is 2.12. The fraction of sp³-hybridized carbons (Fsp3) is 0.385. The van der Waals surface area contributed by atoms with Crippen LogP contribution in [0.25, 0.3) is 22.0 Å². The minimum absolute atomic E-state index is 0.0422. The SMILES string of the molecule is CCC(=O)N[C@H]1CC[C@@H](N(C)C(=O)c2ccc(-c3ccc4c(ccn4C)c3)c(C)c2)C1. The maximum absolute atomic E-state index is 13.1. The van der Waals surface area contributed by atoms with Gasteiger partial charge in [0.15, 0.2) is 0 Å². The molecular formula is C26H31N3O2. The highest BCUT2D eigenvalue weighted by molar-refractivity contribution is 5.95. The smallest absolute Gasteiger partial charge is 0.253 e. The Morgan fingerprint density at radius 3 is 2.68 bits per heavy atom. The fourth-order valence-corrected chi connectivity index (χ4v) is 4.71. The normalized spacial score (nSPS) is 18.3. The topological polar surface area (TPSA) is 54.3 Å². The summed E-state index contributed by atoms with van der Waals surface area (Å²) in [7, 11) is 3.93. The molecule has 2 amide bonds. The Morgan fingerprint density at radius 2 is 1.94 bits per heavy atom. The van der Waals surface area contributed by atoms with Crippen molar-refractivity contribution in [3.63, 3.8) is 0 Å². The van der Waals surface area contributed by atoms with Gasteiger partial charge in [-0.05, 0) is 73.2 Å². The van der Waals surface area contributed by atoms with Crippen molar-refractivity contribution in [1.82, 2.24) is 14.8 Å². The predicted molar refractivity (Wildman–Crippen MR) is 125 cm³/mol. The highest BCUT2D eigenvalue weighted by atomic mass is 16.2. The first kappa shape index (κ1) is 21.2. The molecule has 1 fully saturated rings. The Bertz CT molecular complexity index is 1130. The molecule has 1 aliphatic rings. The van der Waals surface area contributed by atoms with Crippen LogP contribution in [0.15, 0.2) is 48.7 Å². The number of hydrogen-bond acceptors (Lipinski definition) is 2. The van der Waals surface area contributed by atoms with Gasteiger partial charge in [0.1, 0.15) is 0 Å². The second-order valence-electron chi connectivity index (χ2n) is 8.73. The van der Waals surface area contributed by atoms with Gasteiger partial charge >= 0.3 is 0 Å². The van der Waals surface area contributed by atoms with Crippen LogP contribution in [0.2, 0.25) is 0 Å². The Labute approximate surface area is 184 Å². The molecule has 1 aromatic heterocycles. The number of hydrogen-bond donors (Lipinski definition) is 1. The minimum Gasteiger partial charge on any atom is -0.353 e. The summed E-state index contributed by atoms with van der Waals surface area (Å²) in [6.07, 6.45) is 5.24. The molecule has 1 heterocycles. The molecule has 5 nitrogen and oxygen atoms in total. The van der Waals surface area contributed by atoms with E-state index in [1.807, 2.05) is 31.0 Å². The molecule has 1 N–H and O–H groups in total. The summed E-state index contributed by atoms with van der Waals surface area (Å²) >= 11 is 0. The molecule has 0 unspecified atom stereocenters. The predicted octanol–water partition coefficient (Wildman–Crippen LogP) is 4.67. The van der Waals surface area contributed by atoms with Gasteiger partial charge in [0.2, 0.25) is 5.91 Å². The van der Waals surface area contributed by atoms with Crippen molar-refractivity contribution in [2.45, 2.75) is 51.6 Å². The molecule has 3 aromatic rings. The second kappa shape index (κ2) is 8.58. The zero-order valence-electron chi connectivity index (χ0n) is 18.8. The molecule has 1 aliphatic carbocycles. The van der Waals surface area contributed by atoms with Gasteiger partial charge in [0, 0.05) is 55.3 Å². The quantitative estimate of drug-likeness (QED) is 0.656. The Hall–Kier alpha value is -3.08. The van der Waals surface area contributed by atoms with Crippen LogP contribution >= 0.6 is 0 Å². The Kier molecular flexibility index (Phi) is 5.86. The molecule has 4 rings (SSSR count). The lowest BCUT2D eigenvalue weighted by molar-refractivity contribution is -0.121. The summed E-state index contributed by atoms with van der Waals surface area (Å²) in [5, 5.41) is 4.28. The number of carbonyl (C=O) groups is 2. The van der Waals surface area contributed by atoms with E-state index in [0.717, 1.165) is 36.0 Å². The van der Waals surface area contributed by atoms with Gasteiger partial charge in [-0.25, -0.2) is 0 Å². The van der Waals surface area contributed by atoms with E-state index in [0.29, 0.717) is 12.0 Å². The fourth-order valence-electron chi connectivity index (χ4n) is 4.71. The Balaban J connectivity index is 1.49. The highest BCUT2D eigenvalue weighted by Gasteiger charge is 2.31. The number of nitrogens with zero attached hydrogens (tertiary/aromatic N) is 2. The lowest BCUT2D eigenvalue weighted by atomic mass is 9.97. The van der Waals surface area contributed by atoms with Crippen LogP contribution in [0.3, 0.4) is 0 Å². The number of aromatic nitrogens is 1. The van der Waals surface area contributed by atoms with E-state index < -0.39 is 0 Å². The number of aryl methyl sites for hydroxylation is 2. The van der Waals surface area contributed by atoms with Gasteiger partial charge in [-0.15, -0.1) is 0 Å². The number of rotatable bonds is 5. The lowest BCUT2D eigenvalue weighted by Crippen LogP contribution is -2.38. The van der Waals surface area contributed by atoms with Crippen LogP contribution in [0.5, 0.6) is 0 Å². The first-order valence-electron chi connectivity index (χ1n) is 11.1. The van der Waals surface area contributed by atoms with E-state index in [-0.39, 0.29) is 23.9 Å². The van der Waals surface area contributed by atoms with E-state index in [9.17, 15) is 9.59 Å². The van der Waals surface area contributed by atoms with Gasteiger partial charge in [-0.1, -0.05) is 19.1 Å². The molecule has 2 atom stereocenters. The van der Waals surface area contributed by atoms with E-state index in [1.54, 1.807) is 0 Å². The first-order chi connectivity index (χ1) is 14.9.